The zero-order valence-electron chi connectivity index (χ0n) is 11.1. The minimum atomic E-state index is -3.80. The molecule has 0 saturated carbocycles. The summed E-state index contributed by atoms with van der Waals surface area (Å²) in [5.41, 5.74) is 0.646. The van der Waals surface area contributed by atoms with Gasteiger partial charge in [0.25, 0.3) is 10.0 Å². The highest BCUT2D eigenvalue weighted by Crippen LogP contribution is 2.23. The zero-order valence-corrected chi connectivity index (χ0v) is 11.9. The fourth-order valence-corrected chi connectivity index (χ4v) is 2.93. The number of carbonyl (C=O) groups excluding carboxylic acids is 1. The Hall–Kier alpha value is -2.60. The topological polar surface area (TPSA) is 75.3 Å². The Kier molecular flexibility index (Phi) is 4.39. The molecule has 2 rings (SSSR count). The summed E-state index contributed by atoms with van der Waals surface area (Å²) in [6, 6.07) is 14.7. The minimum Gasteiger partial charge on any atom is -0.321 e. The lowest BCUT2D eigenvalue weighted by Gasteiger charge is -2.12. The highest BCUT2D eigenvalue weighted by atomic mass is 32.2. The van der Waals surface area contributed by atoms with Gasteiger partial charge in [-0.1, -0.05) is 36.9 Å². The van der Waals surface area contributed by atoms with E-state index in [1.165, 1.54) is 12.1 Å². The van der Waals surface area contributed by atoms with Crippen molar-refractivity contribution in [2.24, 2.45) is 0 Å². The van der Waals surface area contributed by atoms with E-state index in [0.29, 0.717) is 5.69 Å². The van der Waals surface area contributed by atoms with Gasteiger partial charge in [0.1, 0.15) is 4.90 Å². The van der Waals surface area contributed by atoms with Crippen molar-refractivity contribution >= 4 is 27.3 Å². The average molecular weight is 302 g/mol. The average Bonchev–Trinajstić information content (AvgIpc) is 2.48. The van der Waals surface area contributed by atoms with Gasteiger partial charge in [0, 0.05) is 5.69 Å². The molecule has 0 heterocycles. The van der Waals surface area contributed by atoms with Crippen molar-refractivity contribution in [1.82, 2.24) is 0 Å². The normalized spacial score (nSPS) is 10.7. The van der Waals surface area contributed by atoms with Gasteiger partial charge in [0.05, 0.1) is 5.69 Å². The molecule has 0 bridgehead atoms. The summed E-state index contributed by atoms with van der Waals surface area (Å²) in [5, 5.41) is 2.48. The second kappa shape index (κ2) is 6.23. The fraction of sp³-hybridized carbons (Fsp3) is 0. The quantitative estimate of drug-likeness (QED) is 0.834. The van der Waals surface area contributed by atoms with Crippen molar-refractivity contribution in [3.8, 4) is 0 Å². The summed E-state index contributed by atoms with van der Waals surface area (Å²) in [6.45, 7) is 3.34. The summed E-state index contributed by atoms with van der Waals surface area (Å²) < 4.78 is 27.3. The van der Waals surface area contributed by atoms with E-state index in [0.717, 1.165) is 6.08 Å². The van der Waals surface area contributed by atoms with Gasteiger partial charge >= 0.3 is 0 Å². The van der Waals surface area contributed by atoms with Crippen LogP contribution in [-0.2, 0) is 14.8 Å². The first kappa shape index (κ1) is 14.8. The molecular formula is C15H14N2O3S. The van der Waals surface area contributed by atoms with Gasteiger partial charge in [0.15, 0.2) is 0 Å². The number of rotatable bonds is 5. The summed E-state index contributed by atoms with van der Waals surface area (Å²) >= 11 is 0. The number of hydrogen-bond donors (Lipinski definition) is 2. The van der Waals surface area contributed by atoms with Gasteiger partial charge < -0.3 is 5.32 Å². The zero-order chi connectivity index (χ0) is 15.3. The molecular weight excluding hydrogens is 288 g/mol. The van der Waals surface area contributed by atoms with E-state index < -0.39 is 15.9 Å². The van der Waals surface area contributed by atoms with Crippen LogP contribution in [0.25, 0.3) is 0 Å². The summed E-state index contributed by atoms with van der Waals surface area (Å²) in [7, 11) is -3.80. The number of hydrogen-bond acceptors (Lipinski definition) is 3. The molecule has 6 heteroatoms. The monoisotopic (exact) mass is 302 g/mol. The number of nitrogens with one attached hydrogen (secondary N) is 2. The number of sulfonamides is 1. The van der Waals surface area contributed by atoms with Crippen molar-refractivity contribution in [3.05, 3.63) is 67.3 Å². The van der Waals surface area contributed by atoms with Crippen LogP contribution in [0.5, 0.6) is 0 Å². The van der Waals surface area contributed by atoms with Gasteiger partial charge in [-0.05, 0) is 30.3 Å². The van der Waals surface area contributed by atoms with Crippen LogP contribution in [0.1, 0.15) is 0 Å². The van der Waals surface area contributed by atoms with Crippen LogP contribution >= 0.6 is 0 Å². The Balaban J connectivity index is 2.36. The van der Waals surface area contributed by atoms with Gasteiger partial charge in [-0.2, -0.15) is 0 Å². The number of benzene rings is 2. The Morgan fingerprint density at radius 1 is 1.00 bits per heavy atom. The molecule has 0 aromatic heterocycles. The first-order chi connectivity index (χ1) is 10.0. The van der Waals surface area contributed by atoms with Gasteiger partial charge in [-0.15, -0.1) is 0 Å². The van der Waals surface area contributed by atoms with Gasteiger partial charge in [0.2, 0.25) is 5.91 Å². The molecule has 1 amide bonds. The third kappa shape index (κ3) is 3.70. The number of amides is 1. The second-order valence-corrected chi connectivity index (χ2v) is 5.81. The SMILES string of the molecule is C=CC(=O)Nc1ccccc1S(=O)(=O)Nc1ccccc1. The van der Waals surface area contributed by atoms with E-state index in [9.17, 15) is 13.2 Å². The Bertz CT molecular complexity index is 755. The molecule has 0 aliphatic carbocycles. The van der Waals surface area contributed by atoms with Crippen LogP contribution in [0.4, 0.5) is 11.4 Å². The smallest absolute Gasteiger partial charge is 0.263 e. The lowest BCUT2D eigenvalue weighted by molar-refractivity contribution is -0.111. The largest absolute Gasteiger partial charge is 0.321 e. The molecule has 2 aromatic carbocycles. The first-order valence-corrected chi connectivity index (χ1v) is 7.61. The third-order valence-corrected chi connectivity index (χ3v) is 4.09. The van der Waals surface area contributed by atoms with Crippen LogP contribution in [0, 0.1) is 0 Å². The lowest BCUT2D eigenvalue weighted by atomic mass is 10.3. The molecule has 2 aromatic rings. The molecule has 0 saturated heterocycles. The molecule has 0 aliphatic rings. The Morgan fingerprint density at radius 2 is 1.62 bits per heavy atom. The number of anilines is 2. The van der Waals surface area contributed by atoms with Crippen molar-refractivity contribution in [2.75, 3.05) is 10.0 Å². The molecule has 0 radical (unpaired) electrons. The standard InChI is InChI=1S/C15H14N2O3S/c1-2-15(18)16-13-10-6-7-11-14(13)21(19,20)17-12-8-4-3-5-9-12/h2-11,17H,1H2,(H,16,18). The van der Waals surface area contributed by atoms with Gasteiger partial charge in [-0.3, -0.25) is 9.52 Å². The van der Waals surface area contributed by atoms with E-state index in [4.69, 9.17) is 0 Å². The van der Waals surface area contributed by atoms with Gasteiger partial charge in [-0.25, -0.2) is 8.42 Å². The maximum atomic E-state index is 12.4. The summed E-state index contributed by atoms with van der Waals surface area (Å²) in [4.78, 5) is 11.4. The molecule has 21 heavy (non-hydrogen) atoms. The van der Waals surface area contributed by atoms with Crippen LogP contribution in [0.2, 0.25) is 0 Å². The van der Waals surface area contributed by atoms with Crippen LogP contribution < -0.4 is 10.0 Å². The molecule has 5 nitrogen and oxygen atoms in total. The van der Waals surface area contributed by atoms with E-state index in [-0.39, 0.29) is 10.6 Å². The fourth-order valence-electron chi connectivity index (χ4n) is 1.70. The third-order valence-electron chi connectivity index (χ3n) is 2.65. The Labute approximate surface area is 123 Å². The second-order valence-electron chi connectivity index (χ2n) is 4.16. The van der Waals surface area contributed by atoms with E-state index in [1.54, 1.807) is 42.5 Å². The first-order valence-electron chi connectivity index (χ1n) is 6.13. The van der Waals surface area contributed by atoms with E-state index in [2.05, 4.69) is 16.6 Å². The molecule has 2 N–H and O–H groups in total. The van der Waals surface area contributed by atoms with Crippen molar-refractivity contribution in [1.29, 1.82) is 0 Å². The lowest BCUT2D eigenvalue weighted by Crippen LogP contribution is -2.17. The molecule has 0 spiro atoms. The highest BCUT2D eigenvalue weighted by Gasteiger charge is 2.18. The maximum Gasteiger partial charge on any atom is 0.263 e. The van der Waals surface area contributed by atoms with Crippen LogP contribution in [-0.4, -0.2) is 14.3 Å². The van der Waals surface area contributed by atoms with Crippen molar-refractivity contribution in [3.63, 3.8) is 0 Å². The molecule has 108 valence electrons. The summed E-state index contributed by atoms with van der Waals surface area (Å²) in [6.07, 6.45) is 1.08. The molecule has 0 atom stereocenters. The van der Waals surface area contributed by atoms with Crippen molar-refractivity contribution in [2.45, 2.75) is 4.90 Å². The maximum absolute atomic E-state index is 12.4. The molecule has 0 aliphatic heterocycles. The highest BCUT2D eigenvalue weighted by molar-refractivity contribution is 7.92. The summed E-state index contributed by atoms with van der Waals surface area (Å²) in [5.74, 6) is -0.475. The number of carbonyl (C=O) groups is 1. The van der Waals surface area contributed by atoms with Crippen LogP contribution in [0.15, 0.2) is 72.1 Å². The van der Waals surface area contributed by atoms with Crippen molar-refractivity contribution < 1.29 is 13.2 Å². The van der Waals surface area contributed by atoms with E-state index >= 15 is 0 Å². The Morgan fingerprint density at radius 3 is 2.29 bits per heavy atom. The van der Waals surface area contributed by atoms with E-state index in [1.807, 2.05) is 0 Å². The number of para-hydroxylation sites is 2. The van der Waals surface area contributed by atoms with Crippen LogP contribution in [0.3, 0.4) is 0 Å². The predicted octanol–water partition coefficient (Wildman–Crippen LogP) is 2.61. The minimum absolute atomic E-state index is 0.0101. The molecule has 0 unspecified atom stereocenters. The predicted molar refractivity (Wildman–Crippen MR) is 82.5 cm³/mol. The molecule has 0 fully saturated rings.